The molecule has 1 amide bonds. The highest BCUT2D eigenvalue weighted by molar-refractivity contribution is 7.99. The van der Waals surface area contributed by atoms with Gasteiger partial charge in [-0.2, -0.15) is 0 Å². The Labute approximate surface area is 184 Å². The van der Waals surface area contributed by atoms with Crippen molar-refractivity contribution >= 4 is 29.3 Å². The monoisotopic (exact) mass is 443 g/mol. The number of amides is 1. The summed E-state index contributed by atoms with van der Waals surface area (Å²) in [5.41, 5.74) is 3.21. The van der Waals surface area contributed by atoms with E-state index in [0.29, 0.717) is 48.5 Å². The number of thioether (sulfide) groups is 1. The van der Waals surface area contributed by atoms with Gasteiger partial charge in [0.15, 0.2) is 16.7 Å². The van der Waals surface area contributed by atoms with Crippen LogP contribution in [0, 0.1) is 6.92 Å². The van der Waals surface area contributed by atoms with Crippen LogP contribution in [-0.4, -0.2) is 41.0 Å². The Morgan fingerprint density at radius 2 is 2.10 bits per heavy atom. The molecule has 1 aromatic heterocycles. The molecule has 1 aliphatic rings. The molecule has 0 fully saturated rings. The van der Waals surface area contributed by atoms with Crippen LogP contribution in [-0.2, 0) is 11.2 Å². The number of carbonyl (C=O) groups excluding carboxylic acids is 1. The van der Waals surface area contributed by atoms with Gasteiger partial charge in [-0.3, -0.25) is 9.36 Å². The number of imidazole rings is 1. The Kier molecular flexibility index (Phi) is 6.50. The zero-order valence-corrected chi connectivity index (χ0v) is 18.1. The molecule has 3 aromatic rings. The molecular formula is C22H22ClN3O3S. The molecule has 8 heteroatoms. The van der Waals surface area contributed by atoms with E-state index < -0.39 is 0 Å². The highest BCUT2D eigenvalue weighted by atomic mass is 35.5. The topological polar surface area (TPSA) is 65.4 Å². The van der Waals surface area contributed by atoms with Gasteiger partial charge in [0.1, 0.15) is 13.2 Å². The zero-order chi connectivity index (χ0) is 20.9. The van der Waals surface area contributed by atoms with Gasteiger partial charge in [0, 0.05) is 18.9 Å². The van der Waals surface area contributed by atoms with Gasteiger partial charge in [-0.05, 0) is 42.7 Å². The summed E-state index contributed by atoms with van der Waals surface area (Å²) in [5, 5.41) is 4.28. The fourth-order valence-electron chi connectivity index (χ4n) is 3.25. The van der Waals surface area contributed by atoms with Gasteiger partial charge >= 0.3 is 0 Å². The number of fused-ring (bicyclic) bond motifs is 1. The normalized spacial score (nSPS) is 12.6. The van der Waals surface area contributed by atoms with Crippen LogP contribution >= 0.6 is 23.4 Å². The maximum atomic E-state index is 12.3. The van der Waals surface area contributed by atoms with Crippen LogP contribution in [0.15, 0.2) is 53.9 Å². The molecule has 1 aliphatic heterocycles. The molecule has 0 radical (unpaired) electrons. The van der Waals surface area contributed by atoms with Crippen molar-refractivity contribution in [2.24, 2.45) is 0 Å². The number of nitrogens with zero attached hydrogens (tertiary/aromatic N) is 2. The third kappa shape index (κ3) is 4.74. The molecule has 1 N–H and O–H groups in total. The minimum Gasteiger partial charge on any atom is -0.486 e. The first-order valence-electron chi connectivity index (χ1n) is 9.68. The molecule has 0 bridgehead atoms. The maximum Gasteiger partial charge on any atom is 0.230 e. The van der Waals surface area contributed by atoms with E-state index >= 15 is 0 Å². The lowest BCUT2D eigenvalue weighted by atomic mass is 10.1. The molecule has 0 unspecified atom stereocenters. The fraction of sp³-hybridized carbons (Fsp3) is 0.273. The summed E-state index contributed by atoms with van der Waals surface area (Å²) < 4.78 is 13.1. The minimum atomic E-state index is -0.0389. The summed E-state index contributed by atoms with van der Waals surface area (Å²) >= 11 is 7.68. The number of benzene rings is 2. The van der Waals surface area contributed by atoms with E-state index in [1.54, 1.807) is 6.20 Å². The maximum absolute atomic E-state index is 12.3. The second kappa shape index (κ2) is 9.45. The molecule has 156 valence electrons. The van der Waals surface area contributed by atoms with E-state index in [2.05, 4.69) is 23.3 Å². The van der Waals surface area contributed by atoms with E-state index in [1.165, 1.54) is 11.8 Å². The Bertz CT molecular complexity index is 1050. The molecule has 0 aliphatic carbocycles. The molecule has 0 saturated heterocycles. The predicted octanol–water partition coefficient (Wildman–Crippen LogP) is 4.06. The molecule has 2 heterocycles. The summed E-state index contributed by atoms with van der Waals surface area (Å²) in [6, 6.07) is 11.9. The second-order valence-electron chi connectivity index (χ2n) is 6.86. The van der Waals surface area contributed by atoms with Crippen LogP contribution in [0.2, 0.25) is 5.02 Å². The van der Waals surface area contributed by atoms with Crippen molar-refractivity contribution in [2.45, 2.75) is 18.5 Å². The van der Waals surface area contributed by atoms with Gasteiger partial charge in [0.25, 0.3) is 0 Å². The lowest BCUT2D eigenvalue weighted by Crippen LogP contribution is -2.27. The van der Waals surface area contributed by atoms with Gasteiger partial charge in [-0.15, -0.1) is 0 Å². The van der Waals surface area contributed by atoms with Crippen LogP contribution in [0.4, 0.5) is 0 Å². The smallest absolute Gasteiger partial charge is 0.230 e. The largest absolute Gasteiger partial charge is 0.486 e. The summed E-state index contributed by atoms with van der Waals surface area (Å²) in [5.74, 6) is 1.51. The number of hydrogen-bond acceptors (Lipinski definition) is 5. The van der Waals surface area contributed by atoms with E-state index in [-0.39, 0.29) is 5.91 Å². The predicted molar refractivity (Wildman–Crippen MR) is 118 cm³/mol. The minimum absolute atomic E-state index is 0.0389. The van der Waals surface area contributed by atoms with Gasteiger partial charge in [0.05, 0.1) is 16.5 Å². The van der Waals surface area contributed by atoms with Crippen molar-refractivity contribution in [1.82, 2.24) is 14.9 Å². The average Bonchev–Trinajstić information content (AvgIpc) is 3.21. The molecule has 0 spiro atoms. The van der Waals surface area contributed by atoms with Crippen molar-refractivity contribution in [3.8, 4) is 17.2 Å². The Hall–Kier alpha value is -2.64. The van der Waals surface area contributed by atoms with Gasteiger partial charge in [-0.1, -0.05) is 41.6 Å². The van der Waals surface area contributed by atoms with E-state index in [9.17, 15) is 4.79 Å². The molecule has 30 heavy (non-hydrogen) atoms. The quantitative estimate of drug-likeness (QED) is 0.558. The Morgan fingerprint density at radius 1 is 1.27 bits per heavy atom. The third-order valence-electron chi connectivity index (χ3n) is 4.71. The SMILES string of the molecule is Cc1ccccc1-n1ccnc1SCC(=O)NCCc1cc(Cl)c2c(c1)OCCO2. The van der Waals surface area contributed by atoms with Crippen molar-refractivity contribution < 1.29 is 14.3 Å². The highest BCUT2D eigenvalue weighted by Crippen LogP contribution is 2.38. The van der Waals surface area contributed by atoms with Crippen LogP contribution in [0.25, 0.3) is 5.69 Å². The van der Waals surface area contributed by atoms with Gasteiger partial charge in [0.2, 0.25) is 5.91 Å². The molecule has 2 aromatic carbocycles. The number of rotatable bonds is 7. The van der Waals surface area contributed by atoms with Crippen LogP contribution in [0.5, 0.6) is 11.5 Å². The number of aromatic nitrogens is 2. The molecule has 6 nitrogen and oxygen atoms in total. The second-order valence-corrected chi connectivity index (χ2v) is 8.21. The first kappa shape index (κ1) is 20.6. The average molecular weight is 444 g/mol. The molecular weight excluding hydrogens is 422 g/mol. The van der Waals surface area contributed by atoms with Gasteiger partial charge in [-0.25, -0.2) is 4.98 Å². The number of ether oxygens (including phenoxy) is 2. The summed E-state index contributed by atoms with van der Waals surface area (Å²) in [4.78, 5) is 16.7. The number of aryl methyl sites for hydroxylation is 1. The van der Waals surface area contributed by atoms with Crippen LogP contribution in [0.3, 0.4) is 0 Å². The standard InChI is InChI=1S/C22H22ClN3O3S/c1-15-4-2-3-5-18(15)26-9-8-25-22(26)30-14-20(27)24-7-6-16-12-17(23)21-19(13-16)28-10-11-29-21/h2-5,8-9,12-13H,6-7,10-11,14H2,1H3,(H,24,27). The third-order valence-corrected chi connectivity index (χ3v) is 5.95. The summed E-state index contributed by atoms with van der Waals surface area (Å²) in [6.45, 7) is 3.59. The number of halogens is 1. The first-order chi connectivity index (χ1) is 14.6. The summed E-state index contributed by atoms with van der Waals surface area (Å²) in [7, 11) is 0. The first-order valence-corrected chi connectivity index (χ1v) is 11.0. The van der Waals surface area contributed by atoms with Crippen molar-refractivity contribution in [2.75, 3.05) is 25.5 Å². The lowest BCUT2D eigenvalue weighted by molar-refractivity contribution is -0.118. The van der Waals surface area contributed by atoms with E-state index in [0.717, 1.165) is 22.0 Å². The van der Waals surface area contributed by atoms with Crippen molar-refractivity contribution in [3.05, 3.63) is 64.9 Å². The van der Waals surface area contributed by atoms with Crippen molar-refractivity contribution in [1.29, 1.82) is 0 Å². The number of carbonyl (C=O) groups is 1. The van der Waals surface area contributed by atoms with Crippen LogP contribution < -0.4 is 14.8 Å². The summed E-state index contributed by atoms with van der Waals surface area (Å²) in [6.07, 6.45) is 4.32. The zero-order valence-electron chi connectivity index (χ0n) is 16.6. The number of para-hydroxylation sites is 1. The highest BCUT2D eigenvalue weighted by Gasteiger charge is 2.16. The van der Waals surface area contributed by atoms with Crippen molar-refractivity contribution in [3.63, 3.8) is 0 Å². The van der Waals surface area contributed by atoms with E-state index in [1.807, 2.05) is 41.1 Å². The number of nitrogens with one attached hydrogen (secondary N) is 1. The number of hydrogen-bond donors (Lipinski definition) is 1. The molecule has 4 rings (SSSR count). The van der Waals surface area contributed by atoms with E-state index in [4.69, 9.17) is 21.1 Å². The van der Waals surface area contributed by atoms with Crippen LogP contribution in [0.1, 0.15) is 11.1 Å². The lowest BCUT2D eigenvalue weighted by Gasteiger charge is -2.20. The Morgan fingerprint density at radius 3 is 2.97 bits per heavy atom. The Balaban J connectivity index is 1.29. The fourth-order valence-corrected chi connectivity index (χ4v) is 4.33. The van der Waals surface area contributed by atoms with Gasteiger partial charge < -0.3 is 14.8 Å². The molecule has 0 atom stereocenters. The molecule has 0 saturated carbocycles.